The number of hydrogen-bond donors (Lipinski definition) is 0. The van der Waals surface area contributed by atoms with Crippen LogP contribution in [0.25, 0.3) is 11.4 Å². The van der Waals surface area contributed by atoms with E-state index in [1.165, 1.54) is 7.11 Å². The molecule has 7 nitrogen and oxygen atoms in total. The minimum Gasteiger partial charge on any atom is -0.493 e. The standard InChI is InChI=1S/C21H19ClN2O5/c1-3-5-14-8-9-17(18(10-14)26-2)27-13-20(25)28-12-19-23-21(24-29-19)15-6-4-7-16(22)11-15/h3-4,6-11H,1,5,12-13H2,2H3. The summed E-state index contributed by atoms with van der Waals surface area (Å²) in [6.45, 7) is 3.26. The average Bonchev–Trinajstić information content (AvgIpc) is 3.20. The van der Waals surface area contributed by atoms with Crippen molar-refractivity contribution in [1.29, 1.82) is 0 Å². The van der Waals surface area contributed by atoms with Gasteiger partial charge in [-0.05, 0) is 36.2 Å². The quantitative estimate of drug-likeness (QED) is 0.382. The van der Waals surface area contributed by atoms with E-state index < -0.39 is 5.97 Å². The third kappa shape index (κ3) is 5.58. The van der Waals surface area contributed by atoms with Gasteiger partial charge < -0.3 is 18.7 Å². The van der Waals surface area contributed by atoms with Crippen LogP contribution in [0.1, 0.15) is 11.5 Å². The highest BCUT2D eigenvalue weighted by Gasteiger charge is 2.13. The fourth-order valence-corrected chi connectivity index (χ4v) is 2.69. The topological polar surface area (TPSA) is 83.7 Å². The third-order valence-electron chi connectivity index (χ3n) is 3.86. The number of rotatable bonds is 9. The first-order valence-electron chi connectivity index (χ1n) is 8.74. The highest BCUT2D eigenvalue weighted by atomic mass is 35.5. The van der Waals surface area contributed by atoms with Crippen LogP contribution in [0.2, 0.25) is 5.02 Å². The largest absolute Gasteiger partial charge is 0.493 e. The molecule has 0 atom stereocenters. The Bertz CT molecular complexity index is 1000. The predicted molar refractivity (Wildman–Crippen MR) is 107 cm³/mol. The van der Waals surface area contributed by atoms with E-state index in [4.69, 9.17) is 30.3 Å². The highest BCUT2D eigenvalue weighted by molar-refractivity contribution is 6.30. The van der Waals surface area contributed by atoms with E-state index in [2.05, 4.69) is 16.7 Å². The van der Waals surface area contributed by atoms with E-state index in [0.717, 1.165) is 5.56 Å². The van der Waals surface area contributed by atoms with E-state index in [9.17, 15) is 4.79 Å². The van der Waals surface area contributed by atoms with Crippen LogP contribution in [-0.2, 0) is 22.6 Å². The summed E-state index contributed by atoms with van der Waals surface area (Å²) in [6.07, 6.45) is 2.50. The molecule has 0 amide bonds. The zero-order valence-electron chi connectivity index (χ0n) is 15.8. The van der Waals surface area contributed by atoms with Crippen molar-refractivity contribution in [3.63, 3.8) is 0 Å². The maximum atomic E-state index is 12.0. The molecule has 0 aliphatic rings. The smallest absolute Gasteiger partial charge is 0.344 e. The first kappa shape index (κ1) is 20.4. The molecule has 0 saturated heterocycles. The number of hydrogen-bond acceptors (Lipinski definition) is 7. The van der Waals surface area contributed by atoms with E-state index in [-0.39, 0.29) is 19.1 Å². The minimum atomic E-state index is -0.579. The number of allylic oxidation sites excluding steroid dienone is 1. The van der Waals surface area contributed by atoms with Gasteiger partial charge in [-0.15, -0.1) is 6.58 Å². The van der Waals surface area contributed by atoms with Crippen molar-refractivity contribution >= 4 is 17.6 Å². The van der Waals surface area contributed by atoms with E-state index in [0.29, 0.717) is 34.3 Å². The first-order valence-corrected chi connectivity index (χ1v) is 9.11. The Morgan fingerprint density at radius 2 is 2.10 bits per heavy atom. The van der Waals surface area contributed by atoms with Gasteiger partial charge in [0, 0.05) is 10.6 Å². The van der Waals surface area contributed by atoms with Crippen molar-refractivity contribution in [1.82, 2.24) is 10.1 Å². The van der Waals surface area contributed by atoms with Gasteiger partial charge in [0.15, 0.2) is 24.7 Å². The monoisotopic (exact) mass is 414 g/mol. The molecule has 29 heavy (non-hydrogen) atoms. The lowest BCUT2D eigenvalue weighted by atomic mass is 10.1. The van der Waals surface area contributed by atoms with Crippen LogP contribution in [0, 0.1) is 0 Å². The lowest BCUT2D eigenvalue weighted by molar-refractivity contribution is -0.148. The summed E-state index contributed by atoms with van der Waals surface area (Å²) in [5.74, 6) is 0.919. The van der Waals surface area contributed by atoms with Gasteiger partial charge in [0.1, 0.15) is 0 Å². The molecular weight excluding hydrogens is 396 g/mol. The zero-order valence-corrected chi connectivity index (χ0v) is 16.5. The Balaban J connectivity index is 1.52. The number of halogens is 1. The molecule has 0 fully saturated rings. The maximum Gasteiger partial charge on any atom is 0.344 e. The molecule has 150 valence electrons. The van der Waals surface area contributed by atoms with Gasteiger partial charge >= 0.3 is 5.97 Å². The average molecular weight is 415 g/mol. The maximum absolute atomic E-state index is 12.0. The molecular formula is C21H19ClN2O5. The Morgan fingerprint density at radius 1 is 1.24 bits per heavy atom. The van der Waals surface area contributed by atoms with Crippen LogP contribution in [0.3, 0.4) is 0 Å². The van der Waals surface area contributed by atoms with Crippen molar-refractivity contribution in [2.45, 2.75) is 13.0 Å². The summed E-state index contributed by atoms with van der Waals surface area (Å²) in [5, 5.41) is 4.41. The zero-order chi connectivity index (χ0) is 20.6. The van der Waals surface area contributed by atoms with Crippen LogP contribution < -0.4 is 9.47 Å². The number of nitrogens with zero attached hydrogens (tertiary/aromatic N) is 2. The van der Waals surface area contributed by atoms with Crippen molar-refractivity contribution in [2.24, 2.45) is 0 Å². The van der Waals surface area contributed by atoms with Gasteiger partial charge in [-0.1, -0.05) is 41.0 Å². The SMILES string of the molecule is C=CCc1ccc(OCC(=O)OCc2nc(-c3cccc(Cl)c3)no2)c(OC)c1. The summed E-state index contributed by atoms with van der Waals surface area (Å²) in [6, 6.07) is 12.5. The Morgan fingerprint density at radius 3 is 2.86 bits per heavy atom. The summed E-state index contributed by atoms with van der Waals surface area (Å²) in [5.41, 5.74) is 1.73. The molecule has 1 heterocycles. The lowest BCUT2D eigenvalue weighted by Crippen LogP contribution is -2.15. The van der Waals surface area contributed by atoms with Crippen LogP contribution in [0.5, 0.6) is 11.5 Å². The number of esters is 1. The van der Waals surface area contributed by atoms with Crippen molar-refractivity contribution in [3.05, 3.63) is 71.6 Å². The van der Waals surface area contributed by atoms with Gasteiger partial charge in [-0.3, -0.25) is 0 Å². The van der Waals surface area contributed by atoms with Gasteiger partial charge in [0.25, 0.3) is 5.89 Å². The number of aromatic nitrogens is 2. The first-order chi connectivity index (χ1) is 14.1. The molecule has 0 radical (unpaired) electrons. The van der Waals surface area contributed by atoms with Crippen molar-refractivity contribution in [3.8, 4) is 22.9 Å². The normalized spacial score (nSPS) is 10.4. The molecule has 0 aliphatic carbocycles. The molecule has 0 N–H and O–H groups in total. The molecule has 0 unspecified atom stereocenters. The van der Waals surface area contributed by atoms with Crippen molar-refractivity contribution in [2.75, 3.05) is 13.7 Å². The van der Waals surface area contributed by atoms with Gasteiger partial charge in [0.2, 0.25) is 5.82 Å². The molecule has 8 heteroatoms. The van der Waals surface area contributed by atoms with E-state index in [1.54, 1.807) is 36.4 Å². The Labute approximate surface area is 172 Å². The van der Waals surface area contributed by atoms with Gasteiger partial charge in [-0.2, -0.15) is 4.98 Å². The summed E-state index contributed by atoms with van der Waals surface area (Å²) in [4.78, 5) is 16.2. The fourth-order valence-electron chi connectivity index (χ4n) is 2.50. The van der Waals surface area contributed by atoms with Gasteiger partial charge in [0.05, 0.1) is 7.11 Å². The number of carbonyl (C=O) groups excluding carboxylic acids is 1. The molecule has 1 aromatic heterocycles. The second-order valence-corrected chi connectivity index (χ2v) is 6.39. The molecule has 2 aromatic carbocycles. The second-order valence-electron chi connectivity index (χ2n) is 5.95. The Hall–Kier alpha value is -3.32. The molecule has 0 aliphatic heterocycles. The molecule has 3 aromatic rings. The van der Waals surface area contributed by atoms with Gasteiger partial charge in [-0.25, -0.2) is 4.79 Å². The van der Waals surface area contributed by atoms with Crippen LogP contribution >= 0.6 is 11.6 Å². The summed E-state index contributed by atoms with van der Waals surface area (Å²) >= 11 is 5.95. The number of benzene rings is 2. The molecule has 0 spiro atoms. The van der Waals surface area contributed by atoms with Crippen molar-refractivity contribution < 1.29 is 23.5 Å². The third-order valence-corrected chi connectivity index (χ3v) is 4.10. The molecule has 0 saturated carbocycles. The highest BCUT2D eigenvalue weighted by Crippen LogP contribution is 2.28. The second kappa shape index (κ2) is 9.75. The predicted octanol–water partition coefficient (Wildman–Crippen LogP) is 4.25. The van der Waals surface area contributed by atoms with E-state index in [1.807, 2.05) is 12.1 Å². The number of ether oxygens (including phenoxy) is 3. The van der Waals surface area contributed by atoms with Crippen LogP contribution in [-0.4, -0.2) is 29.8 Å². The summed E-state index contributed by atoms with van der Waals surface area (Å²) < 4.78 is 21.0. The summed E-state index contributed by atoms with van der Waals surface area (Å²) in [7, 11) is 1.53. The number of carbonyl (C=O) groups is 1. The van der Waals surface area contributed by atoms with E-state index >= 15 is 0 Å². The minimum absolute atomic E-state index is 0.162. The molecule has 0 bridgehead atoms. The van der Waals surface area contributed by atoms with Crippen LogP contribution in [0.4, 0.5) is 0 Å². The number of methoxy groups -OCH3 is 1. The Kier molecular flexibility index (Phi) is 6.86. The van der Waals surface area contributed by atoms with Crippen LogP contribution in [0.15, 0.2) is 59.6 Å². The molecule has 3 rings (SSSR count). The fraction of sp³-hybridized carbons (Fsp3) is 0.190. The lowest BCUT2D eigenvalue weighted by Gasteiger charge is -2.11.